The van der Waals surface area contributed by atoms with Crippen molar-refractivity contribution in [2.45, 2.75) is 13.0 Å². The molecule has 1 N–H and O–H groups in total. The molecule has 2 rings (SSSR count). The van der Waals surface area contributed by atoms with Crippen molar-refractivity contribution in [3.63, 3.8) is 0 Å². The number of ether oxygens (including phenoxy) is 1. The summed E-state index contributed by atoms with van der Waals surface area (Å²) >= 11 is 9.36. The zero-order chi connectivity index (χ0) is 16.1. The number of carbonyl (C=O) groups excluding carboxylic acids is 1. The summed E-state index contributed by atoms with van der Waals surface area (Å²) in [6.07, 6.45) is -0.714. The fourth-order valence-corrected chi connectivity index (χ4v) is 2.40. The molecule has 22 heavy (non-hydrogen) atoms. The summed E-state index contributed by atoms with van der Waals surface area (Å²) in [4.78, 5) is 12.1. The van der Waals surface area contributed by atoms with Crippen molar-refractivity contribution in [2.24, 2.45) is 0 Å². The number of nitrogens with zero attached hydrogens (tertiary/aromatic N) is 1. The standard InChI is InChI=1S/C16H12BrClN2O2/c1-10(22-15-7-4-12(17)8-14(15)18)16(21)20-13-5-2-11(9-19)3-6-13/h2-8,10H,1H3,(H,20,21)/t10-/m1/s1. The van der Waals surface area contributed by atoms with E-state index in [0.29, 0.717) is 22.0 Å². The molecular formula is C16H12BrClN2O2. The Labute approximate surface area is 141 Å². The van der Waals surface area contributed by atoms with E-state index in [4.69, 9.17) is 21.6 Å². The Morgan fingerprint density at radius 2 is 2.00 bits per heavy atom. The molecule has 0 heterocycles. The maximum atomic E-state index is 12.1. The van der Waals surface area contributed by atoms with Gasteiger partial charge in [-0.15, -0.1) is 0 Å². The molecule has 0 unspecified atom stereocenters. The second-order valence-electron chi connectivity index (χ2n) is 4.51. The maximum Gasteiger partial charge on any atom is 0.265 e. The Bertz CT molecular complexity index is 726. The average Bonchev–Trinajstić information content (AvgIpc) is 2.50. The third-order valence-electron chi connectivity index (χ3n) is 2.85. The van der Waals surface area contributed by atoms with E-state index in [2.05, 4.69) is 21.2 Å². The highest BCUT2D eigenvalue weighted by atomic mass is 79.9. The number of hydrogen-bond donors (Lipinski definition) is 1. The zero-order valence-electron chi connectivity index (χ0n) is 11.6. The van der Waals surface area contributed by atoms with E-state index < -0.39 is 6.10 Å². The van der Waals surface area contributed by atoms with Crippen LogP contribution in [0.25, 0.3) is 0 Å². The predicted octanol–water partition coefficient (Wildman–Crippen LogP) is 4.38. The number of anilines is 1. The van der Waals surface area contributed by atoms with Crippen molar-refractivity contribution in [1.82, 2.24) is 0 Å². The molecule has 0 aromatic heterocycles. The van der Waals surface area contributed by atoms with Gasteiger partial charge in [0, 0.05) is 10.2 Å². The minimum atomic E-state index is -0.714. The second-order valence-corrected chi connectivity index (χ2v) is 5.84. The van der Waals surface area contributed by atoms with Crippen molar-refractivity contribution in [1.29, 1.82) is 5.26 Å². The van der Waals surface area contributed by atoms with E-state index in [1.165, 1.54) is 0 Å². The van der Waals surface area contributed by atoms with E-state index in [1.54, 1.807) is 49.4 Å². The average molecular weight is 380 g/mol. The summed E-state index contributed by atoms with van der Waals surface area (Å²) in [5.41, 5.74) is 1.13. The number of amides is 1. The third kappa shape index (κ3) is 4.23. The van der Waals surface area contributed by atoms with Gasteiger partial charge in [0.2, 0.25) is 0 Å². The van der Waals surface area contributed by atoms with Gasteiger partial charge in [0.15, 0.2) is 6.10 Å². The molecule has 0 aliphatic heterocycles. The molecule has 1 amide bonds. The van der Waals surface area contributed by atoms with E-state index >= 15 is 0 Å². The molecule has 6 heteroatoms. The van der Waals surface area contributed by atoms with E-state index in [1.807, 2.05) is 6.07 Å². The monoisotopic (exact) mass is 378 g/mol. The summed E-state index contributed by atoms with van der Waals surface area (Å²) in [5.74, 6) is 0.135. The van der Waals surface area contributed by atoms with Crippen LogP contribution in [0.5, 0.6) is 5.75 Å². The van der Waals surface area contributed by atoms with E-state index in [9.17, 15) is 4.79 Å². The van der Waals surface area contributed by atoms with Crippen LogP contribution in [0.15, 0.2) is 46.9 Å². The van der Waals surface area contributed by atoms with Crippen LogP contribution in [-0.4, -0.2) is 12.0 Å². The number of nitriles is 1. The molecule has 0 bridgehead atoms. The van der Waals surface area contributed by atoms with Gasteiger partial charge in [-0.25, -0.2) is 0 Å². The number of carbonyl (C=O) groups is 1. The molecule has 0 aliphatic carbocycles. The number of nitrogens with one attached hydrogen (secondary N) is 1. The number of benzene rings is 2. The zero-order valence-corrected chi connectivity index (χ0v) is 14.0. The Morgan fingerprint density at radius 3 is 2.59 bits per heavy atom. The van der Waals surface area contributed by atoms with Crippen LogP contribution >= 0.6 is 27.5 Å². The number of rotatable bonds is 4. The fraction of sp³-hybridized carbons (Fsp3) is 0.125. The molecule has 112 valence electrons. The Kier molecular flexibility index (Phi) is 5.42. The second kappa shape index (κ2) is 7.30. The molecule has 2 aromatic rings. The highest BCUT2D eigenvalue weighted by molar-refractivity contribution is 9.10. The van der Waals surface area contributed by atoms with Crippen molar-refractivity contribution in [3.05, 3.63) is 57.5 Å². The van der Waals surface area contributed by atoms with Crippen molar-refractivity contribution in [2.75, 3.05) is 5.32 Å². The maximum absolute atomic E-state index is 12.1. The summed E-state index contributed by atoms with van der Waals surface area (Å²) < 4.78 is 6.39. The Hall–Kier alpha value is -2.03. The normalized spacial score (nSPS) is 11.4. The van der Waals surface area contributed by atoms with Crippen molar-refractivity contribution >= 4 is 39.1 Å². The molecule has 2 aromatic carbocycles. The van der Waals surface area contributed by atoms with Gasteiger partial charge in [0.25, 0.3) is 5.91 Å². The van der Waals surface area contributed by atoms with Crippen molar-refractivity contribution < 1.29 is 9.53 Å². The van der Waals surface area contributed by atoms with Gasteiger partial charge < -0.3 is 10.1 Å². The summed E-state index contributed by atoms with van der Waals surface area (Å²) in [5, 5.41) is 11.9. The first kappa shape index (κ1) is 16.3. The lowest BCUT2D eigenvalue weighted by Crippen LogP contribution is -2.30. The molecular weight excluding hydrogens is 368 g/mol. The van der Waals surface area contributed by atoms with Gasteiger partial charge >= 0.3 is 0 Å². The van der Waals surface area contributed by atoms with Gasteiger partial charge in [-0.1, -0.05) is 27.5 Å². The predicted molar refractivity (Wildman–Crippen MR) is 89.0 cm³/mol. The molecule has 0 saturated heterocycles. The van der Waals surface area contributed by atoms with Gasteiger partial charge in [0.05, 0.1) is 16.7 Å². The van der Waals surface area contributed by atoms with Gasteiger partial charge in [-0.05, 0) is 49.4 Å². The van der Waals surface area contributed by atoms with Gasteiger partial charge in [-0.3, -0.25) is 4.79 Å². The van der Waals surface area contributed by atoms with Crippen LogP contribution in [0.3, 0.4) is 0 Å². The van der Waals surface area contributed by atoms with Crippen LogP contribution in [0, 0.1) is 11.3 Å². The Balaban J connectivity index is 2.01. The highest BCUT2D eigenvalue weighted by Crippen LogP contribution is 2.28. The lowest BCUT2D eigenvalue weighted by molar-refractivity contribution is -0.122. The largest absolute Gasteiger partial charge is 0.479 e. The lowest BCUT2D eigenvalue weighted by atomic mass is 10.2. The quantitative estimate of drug-likeness (QED) is 0.857. The molecule has 4 nitrogen and oxygen atoms in total. The number of hydrogen-bond acceptors (Lipinski definition) is 3. The molecule has 0 radical (unpaired) electrons. The highest BCUT2D eigenvalue weighted by Gasteiger charge is 2.16. The topological polar surface area (TPSA) is 62.1 Å². The summed E-state index contributed by atoms with van der Waals surface area (Å²) in [6.45, 7) is 1.64. The van der Waals surface area contributed by atoms with Crippen LogP contribution in [0.1, 0.15) is 12.5 Å². The van der Waals surface area contributed by atoms with Crippen molar-refractivity contribution in [3.8, 4) is 11.8 Å². The molecule has 1 atom stereocenters. The molecule has 0 spiro atoms. The van der Waals surface area contributed by atoms with Gasteiger partial charge in [-0.2, -0.15) is 5.26 Å². The third-order valence-corrected chi connectivity index (χ3v) is 3.64. The first-order chi connectivity index (χ1) is 10.5. The number of halogens is 2. The van der Waals surface area contributed by atoms with Gasteiger partial charge in [0.1, 0.15) is 5.75 Å². The molecule has 0 fully saturated rings. The lowest BCUT2D eigenvalue weighted by Gasteiger charge is -2.15. The molecule has 0 saturated carbocycles. The minimum absolute atomic E-state index is 0.302. The van der Waals surface area contributed by atoms with E-state index in [-0.39, 0.29) is 5.91 Å². The SMILES string of the molecule is C[C@@H](Oc1ccc(Br)cc1Cl)C(=O)Nc1ccc(C#N)cc1. The van der Waals surface area contributed by atoms with Crippen LogP contribution < -0.4 is 10.1 Å². The van der Waals surface area contributed by atoms with E-state index in [0.717, 1.165) is 4.47 Å². The summed E-state index contributed by atoms with van der Waals surface area (Å²) in [6, 6.07) is 13.8. The fourth-order valence-electron chi connectivity index (χ4n) is 1.69. The first-order valence-corrected chi connectivity index (χ1v) is 7.59. The van der Waals surface area contributed by atoms with Crippen LogP contribution in [0.2, 0.25) is 5.02 Å². The van der Waals surface area contributed by atoms with Crippen LogP contribution in [-0.2, 0) is 4.79 Å². The van der Waals surface area contributed by atoms with Crippen LogP contribution in [0.4, 0.5) is 5.69 Å². The first-order valence-electron chi connectivity index (χ1n) is 6.42. The smallest absolute Gasteiger partial charge is 0.265 e. The Morgan fingerprint density at radius 1 is 1.32 bits per heavy atom. The molecule has 0 aliphatic rings. The minimum Gasteiger partial charge on any atom is -0.479 e. The summed E-state index contributed by atoms with van der Waals surface area (Å²) in [7, 11) is 0.